The molecule has 0 aliphatic carbocycles. The van der Waals surface area contributed by atoms with Crippen molar-refractivity contribution in [2.75, 3.05) is 39.3 Å². The molecule has 106 valence electrons. The van der Waals surface area contributed by atoms with Crippen LogP contribution in [0.15, 0.2) is 24.3 Å². The highest BCUT2D eigenvalue weighted by Gasteiger charge is 2.22. The van der Waals surface area contributed by atoms with Crippen LogP contribution >= 0.6 is 0 Å². The molecule has 0 spiro atoms. The molecule has 1 aliphatic heterocycles. The van der Waals surface area contributed by atoms with Gasteiger partial charge in [0.05, 0.1) is 6.61 Å². The van der Waals surface area contributed by atoms with Crippen LogP contribution in [0, 0.1) is 0 Å². The molecule has 0 amide bonds. The molecule has 1 aromatic rings. The lowest BCUT2D eigenvalue weighted by molar-refractivity contribution is 0.216. The molecule has 1 aliphatic rings. The Kier molecular flexibility index (Phi) is 4.97. The molecule has 0 atom stereocenters. The fraction of sp³-hybridized carbons (Fsp3) is 0.625. The van der Waals surface area contributed by atoms with Gasteiger partial charge in [-0.2, -0.15) is 0 Å². The molecule has 3 heteroatoms. The van der Waals surface area contributed by atoms with E-state index in [9.17, 15) is 5.11 Å². The molecular formula is C16H26N2O. The lowest BCUT2D eigenvalue weighted by atomic mass is 9.82. The number of benzene rings is 1. The van der Waals surface area contributed by atoms with Crippen LogP contribution in [-0.4, -0.2) is 49.3 Å². The second kappa shape index (κ2) is 6.51. The van der Waals surface area contributed by atoms with Gasteiger partial charge in [0.1, 0.15) is 0 Å². The Balaban J connectivity index is 2.03. The summed E-state index contributed by atoms with van der Waals surface area (Å²) < 4.78 is 0. The van der Waals surface area contributed by atoms with Gasteiger partial charge in [0.15, 0.2) is 0 Å². The molecule has 0 aromatic heterocycles. The average Bonchev–Trinajstić information content (AvgIpc) is 2.46. The molecule has 19 heavy (non-hydrogen) atoms. The number of hydrogen-bond acceptors (Lipinski definition) is 3. The summed E-state index contributed by atoms with van der Waals surface area (Å²) in [5.74, 6) is 0. The number of piperazine rings is 1. The largest absolute Gasteiger partial charge is 0.395 e. The summed E-state index contributed by atoms with van der Waals surface area (Å²) in [7, 11) is 0. The van der Waals surface area contributed by atoms with E-state index in [4.69, 9.17) is 0 Å². The van der Waals surface area contributed by atoms with Crippen LogP contribution in [0.25, 0.3) is 0 Å². The van der Waals surface area contributed by atoms with Gasteiger partial charge in [-0.25, -0.2) is 0 Å². The van der Waals surface area contributed by atoms with Crippen molar-refractivity contribution in [3.05, 3.63) is 35.4 Å². The van der Waals surface area contributed by atoms with Gasteiger partial charge in [-0.3, -0.25) is 0 Å². The van der Waals surface area contributed by atoms with Gasteiger partial charge in [0.2, 0.25) is 0 Å². The summed E-state index contributed by atoms with van der Waals surface area (Å²) in [6, 6.07) is 8.53. The second-order valence-corrected chi connectivity index (χ2v) is 6.04. The Morgan fingerprint density at radius 3 is 2.58 bits per heavy atom. The topological polar surface area (TPSA) is 35.5 Å². The second-order valence-electron chi connectivity index (χ2n) is 6.04. The summed E-state index contributed by atoms with van der Waals surface area (Å²) in [5, 5.41) is 13.0. The first-order valence-electron chi connectivity index (χ1n) is 7.26. The average molecular weight is 262 g/mol. The van der Waals surface area contributed by atoms with Crippen molar-refractivity contribution in [3.63, 3.8) is 0 Å². The first-order valence-corrected chi connectivity index (χ1v) is 7.26. The van der Waals surface area contributed by atoms with Gasteiger partial charge >= 0.3 is 0 Å². The zero-order valence-corrected chi connectivity index (χ0v) is 12.2. The van der Waals surface area contributed by atoms with Gasteiger partial charge in [0, 0.05) is 38.1 Å². The number of aliphatic hydroxyl groups excluding tert-OH is 1. The molecule has 0 saturated carbocycles. The van der Waals surface area contributed by atoms with E-state index in [1.807, 2.05) is 0 Å². The maximum absolute atomic E-state index is 9.57. The monoisotopic (exact) mass is 262 g/mol. The van der Waals surface area contributed by atoms with Gasteiger partial charge in [-0.15, -0.1) is 0 Å². The van der Waals surface area contributed by atoms with E-state index in [-0.39, 0.29) is 12.0 Å². The molecule has 1 aromatic carbocycles. The molecular weight excluding hydrogens is 236 g/mol. The van der Waals surface area contributed by atoms with Crippen molar-refractivity contribution >= 4 is 0 Å². The Bertz CT molecular complexity index is 397. The standard InChI is InChI=1S/C16H26N2O/c1-16(2,13-19)15-6-4-3-5-14(15)7-10-18-11-8-17-9-12-18/h3-6,17,19H,7-13H2,1-2H3. The van der Waals surface area contributed by atoms with E-state index < -0.39 is 0 Å². The molecule has 0 bridgehead atoms. The fourth-order valence-electron chi connectivity index (χ4n) is 2.70. The molecule has 1 heterocycles. The number of nitrogens with zero attached hydrogens (tertiary/aromatic N) is 1. The van der Waals surface area contributed by atoms with Crippen LogP contribution in [0.5, 0.6) is 0 Å². The van der Waals surface area contributed by atoms with Gasteiger partial charge in [-0.05, 0) is 17.5 Å². The third-order valence-corrected chi connectivity index (χ3v) is 4.05. The highest BCUT2D eigenvalue weighted by molar-refractivity contribution is 5.33. The number of aliphatic hydroxyl groups is 1. The summed E-state index contributed by atoms with van der Waals surface area (Å²) in [6.45, 7) is 10.0. The first kappa shape index (κ1) is 14.5. The lowest BCUT2D eigenvalue weighted by Gasteiger charge is -2.29. The van der Waals surface area contributed by atoms with E-state index in [1.165, 1.54) is 11.1 Å². The van der Waals surface area contributed by atoms with Crippen molar-refractivity contribution < 1.29 is 5.11 Å². The third-order valence-electron chi connectivity index (χ3n) is 4.05. The SMILES string of the molecule is CC(C)(CO)c1ccccc1CCN1CCNCC1. The van der Waals surface area contributed by atoms with Crippen molar-refractivity contribution in [1.82, 2.24) is 10.2 Å². The number of hydrogen-bond donors (Lipinski definition) is 2. The van der Waals surface area contributed by atoms with Gasteiger partial charge in [0.25, 0.3) is 0 Å². The van der Waals surface area contributed by atoms with Crippen LogP contribution in [-0.2, 0) is 11.8 Å². The van der Waals surface area contributed by atoms with Crippen molar-refractivity contribution in [3.8, 4) is 0 Å². The van der Waals surface area contributed by atoms with Crippen molar-refractivity contribution in [1.29, 1.82) is 0 Å². The third kappa shape index (κ3) is 3.78. The molecule has 1 fully saturated rings. The van der Waals surface area contributed by atoms with Crippen LogP contribution in [0.3, 0.4) is 0 Å². The maximum Gasteiger partial charge on any atom is 0.0522 e. The Morgan fingerprint density at radius 1 is 1.21 bits per heavy atom. The lowest BCUT2D eigenvalue weighted by Crippen LogP contribution is -2.44. The van der Waals surface area contributed by atoms with Crippen LogP contribution in [0.4, 0.5) is 0 Å². The predicted octanol–water partition coefficient (Wildman–Crippen LogP) is 1.40. The molecule has 2 N–H and O–H groups in total. The van der Waals surface area contributed by atoms with Gasteiger partial charge in [-0.1, -0.05) is 38.1 Å². The van der Waals surface area contributed by atoms with Crippen molar-refractivity contribution in [2.24, 2.45) is 0 Å². The minimum absolute atomic E-state index is 0.153. The predicted molar refractivity (Wildman–Crippen MR) is 79.6 cm³/mol. The van der Waals surface area contributed by atoms with Crippen LogP contribution in [0.1, 0.15) is 25.0 Å². The Labute approximate surface area is 116 Å². The Hall–Kier alpha value is -0.900. The van der Waals surface area contributed by atoms with E-state index in [0.29, 0.717) is 0 Å². The van der Waals surface area contributed by atoms with Crippen LogP contribution < -0.4 is 5.32 Å². The van der Waals surface area contributed by atoms with Gasteiger partial charge < -0.3 is 15.3 Å². The van der Waals surface area contributed by atoms with Crippen LogP contribution in [0.2, 0.25) is 0 Å². The van der Waals surface area contributed by atoms with E-state index in [1.54, 1.807) is 0 Å². The quantitative estimate of drug-likeness (QED) is 0.842. The molecule has 3 nitrogen and oxygen atoms in total. The summed E-state index contributed by atoms with van der Waals surface area (Å²) >= 11 is 0. The minimum Gasteiger partial charge on any atom is -0.395 e. The number of rotatable bonds is 5. The normalized spacial score (nSPS) is 17.6. The van der Waals surface area contributed by atoms with E-state index in [0.717, 1.165) is 39.1 Å². The molecule has 1 saturated heterocycles. The Morgan fingerprint density at radius 2 is 1.89 bits per heavy atom. The summed E-state index contributed by atoms with van der Waals surface area (Å²) in [4.78, 5) is 2.51. The molecule has 0 unspecified atom stereocenters. The fourth-order valence-corrected chi connectivity index (χ4v) is 2.70. The molecule has 2 rings (SSSR count). The summed E-state index contributed by atoms with van der Waals surface area (Å²) in [6.07, 6.45) is 1.07. The van der Waals surface area contributed by atoms with E-state index >= 15 is 0 Å². The minimum atomic E-state index is -0.153. The first-order chi connectivity index (χ1) is 9.13. The maximum atomic E-state index is 9.57. The summed E-state index contributed by atoms with van der Waals surface area (Å²) in [5.41, 5.74) is 2.51. The number of nitrogens with one attached hydrogen (secondary N) is 1. The highest BCUT2D eigenvalue weighted by Crippen LogP contribution is 2.26. The smallest absolute Gasteiger partial charge is 0.0522 e. The van der Waals surface area contributed by atoms with Crippen molar-refractivity contribution in [2.45, 2.75) is 25.7 Å². The zero-order chi connectivity index (χ0) is 13.7. The van der Waals surface area contributed by atoms with E-state index in [2.05, 4.69) is 48.3 Å². The zero-order valence-electron chi connectivity index (χ0n) is 12.2. The highest BCUT2D eigenvalue weighted by atomic mass is 16.3. The molecule has 0 radical (unpaired) electrons.